The number of nitrogens with zero attached hydrogens (tertiary/aromatic N) is 2. The molecule has 2 rings (SSSR count). The quantitative estimate of drug-likeness (QED) is 0.872. The maximum atomic E-state index is 12.1. The summed E-state index contributed by atoms with van der Waals surface area (Å²) in [5.41, 5.74) is -0.0524. The van der Waals surface area contributed by atoms with Crippen LogP contribution in [-0.4, -0.2) is 40.0 Å². The van der Waals surface area contributed by atoms with Crippen molar-refractivity contribution < 1.29 is 14.7 Å². The van der Waals surface area contributed by atoms with Gasteiger partial charge in [-0.15, -0.1) is 11.3 Å². The van der Waals surface area contributed by atoms with Crippen molar-refractivity contribution in [2.45, 2.75) is 19.8 Å². The van der Waals surface area contributed by atoms with Crippen LogP contribution >= 0.6 is 11.3 Å². The maximum absolute atomic E-state index is 12.1. The van der Waals surface area contributed by atoms with Gasteiger partial charge in [-0.3, -0.25) is 4.79 Å². The molecular formula is C11H14N2O3S. The van der Waals surface area contributed by atoms with Crippen LogP contribution in [0.15, 0.2) is 5.38 Å². The first-order valence-electron chi connectivity index (χ1n) is 5.56. The number of amides is 1. The smallest absolute Gasteiger partial charge is 0.355 e. The molecular weight excluding hydrogens is 240 g/mol. The van der Waals surface area contributed by atoms with Gasteiger partial charge in [0.05, 0.1) is 0 Å². The molecule has 0 radical (unpaired) electrons. The maximum Gasteiger partial charge on any atom is 0.355 e. The Labute approximate surface area is 103 Å². The summed E-state index contributed by atoms with van der Waals surface area (Å²) < 4.78 is 0. The average Bonchev–Trinajstić information content (AvgIpc) is 2.77. The zero-order valence-electron chi connectivity index (χ0n) is 9.55. The van der Waals surface area contributed by atoms with Crippen LogP contribution in [0.25, 0.3) is 0 Å². The molecule has 92 valence electrons. The van der Waals surface area contributed by atoms with Crippen LogP contribution in [0.2, 0.25) is 0 Å². The minimum atomic E-state index is -1.09. The summed E-state index contributed by atoms with van der Waals surface area (Å²) in [6, 6.07) is 0. The molecule has 17 heavy (non-hydrogen) atoms. The van der Waals surface area contributed by atoms with Crippen LogP contribution in [0.4, 0.5) is 0 Å². The molecule has 1 atom stereocenters. The van der Waals surface area contributed by atoms with Crippen molar-refractivity contribution in [3.63, 3.8) is 0 Å². The number of aromatic carboxylic acids is 1. The molecule has 1 N–H and O–H groups in total. The van der Waals surface area contributed by atoms with Gasteiger partial charge in [0.25, 0.3) is 5.91 Å². The largest absolute Gasteiger partial charge is 0.476 e. The van der Waals surface area contributed by atoms with Gasteiger partial charge < -0.3 is 10.0 Å². The summed E-state index contributed by atoms with van der Waals surface area (Å²) in [5.74, 6) is -0.729. The molecule has 2 heterocycles. The second kappa shape index (κ2) is 4.83. The van der Waals surface area contributed by atoms with Gasteiger partial charge in [-0.1, -0.05) is 6.92 Å². The lowest BCUT2D eigenvalue weighted by Crippen LogP contribution is -2.39. The van der Waals surface area contributed by atoms with Gasteiger partial charge in [-0.2, -0.15) is 0 Å². The summed E-state index contributed by atoms with van der Waals surface area (Å²) >= 11 is 1.10. The van der Waals surface area contributed by atoms with Crippen LogP contribution in [-0.2, 0) is 0 Å². The first kappa shape index (κ1) is 12.0. The molecule has 0 saturated carbocycles. The van der Waals surface area contributed by atoms with Gasteiger partial charge in [0.2, 0.25) is 0 Å². The summed E-state index contributed by atoms with van der Waals surface area (Å²) in [5, 5.41) is 10.4. The number of piperidine rings is 1. The number of carbonyl (C=O) groups excluding carboxylic acids is 1. The molecule has 0 bridgehead atoms. The zero-order valence-corrected chi connectivity index (χ0v) is 10.4. The van der Waals surface area contributed by atoms with E-state index in [1.807, 2.05) is 0 Å². The Morgan fingerprint density at radius 3 is 2.94 bits per heavy atom. The predicted octanol–water partition coefficient (Wildman–Crippen LogP) is 1.71. The molecule has 1 aliphatic heterocycles. The normalized spacial score (nSPS) is 20.3. The number of thiazole rings is 1. The van der Waals surface area contributed by atoms with Crippen molar-refractivity contribution in [1.29, 1.82) is 0 Å². The molecule has 0 spiro atoms. The van der Waals surface area contributed by atoms with E-state index in [1.165, 1.54) is 5.38 Å². The highest BCUT2D eigenvalue weighted by atomic mass is 32.1. The summed E-state index contributed by atoms with van der Waals surface area (Å²) in [6.45, 7) is 3.59. The van der Waals surface area contributed by atoms with E-state index in [9.17, 15) is 9.59 Å². The second-order valence-corrected chi connectivity index (χ2v) is 5.20. The highest BCUT2D eigenvalue weighted by Gasteiger charge is 2.24. The average molecular weight is 254 g/mol. The van der Waals surface area contributed by atoms with Crippen LogP contribution in [0.5, 0.6) is 0 Å². The van der Waals surface area contributed by atoms with E-state index in [4.69, 9.17) is 5.11 Å². The number of carboxylic acids is 1. The van der Waals surface area contributed by atoms with E-state index in [2.05, 4.69) is 11.9 Å². The molecule has 1 fully saturated rings. The van der Waals surface area contributed by atoms with Crippen LogP contribution in [0, 0.1) is 5.92 Å². The van der Waals surface area contributed by atoms with Gasteiger partial charge in [0, 0.05) is 18.5 Å². The topological polar surface area (TPSA) is 70.5 Å². The lowest BCUT2D eigenvalue weighted by atomic mass is 10.0. The third kappa shape index (κ3) is 2.63. The van der Waals surface area contributed by atoms with Gasteiger partial charge >= 0.3 is 5.97 Å². The van der Waals surface area contributed by atoms with Gasteiger partial charge in [-0.05, 0) is 18.8 Å². The highest BCUT2D eigenvalue weighted by Crippen LogP contribution is 2.19. The Bertz CT molecular complexity index is 444. The fourth-order valence-electron chi connectivity index (χ4n) is 1.98. The summed E-state index contributed by atoms with van der Waals surface area (Å²) in [7, 11) is 0. The van der Waals surface area contributed by atoms with Gasteiger partial charge in [0.1, 0.15) is 0 Å². The van der Waals surface area contributed by atoms with Crippen molar-refractivity contribution in [2.75, 3.05) is 13.1 Å². The minimum Gasteiger partial charge on any atom is -0.476 e. The summed E-state index contributed by atoms with van der Waals surface area (Å²) in [6.07, 6.45) is 2.14. The van der Waals surface area contributed by atoms with E-state index in [1.54, 1.807) is 4.90 Å². The molecule has 0 aliphatic carbocycles. The molecule has 1 aromatic heterocycles. The Kier molecular flexibility index (Phi) is 3.42. The molecule has 1 saturated heterocycles. The number of likely N-dealkylation sites (tertiary alicyclic amines) is 1. The molecule has 1 aromatic rings. The van der Waals surface area contributed by atoms with Gasteiger partial charge in [0.15, 0.2) is 10.7 Å². The number of hydrogen-bond acceptors (Lipinski definition) is 4. The van der Waals surface area contributed by atoms with E-state index in [-0.39, 0.29) is 16.6 Å². The Hall–Kier alpha value is -1.43. The van der Waals surface area contributed by atoms with Crippen molar-refractivity contribution in [3.8, 4) is 0 Å². The monoisotopic (exact) mass is 254 g/mol. The zero-order chi connectivity index (χ0) is 12.4. The fraction of sp³-hybridized carbons (Fsp3) is 0.545. The third-order valence-electron chi connectivity index (χ3n) is 2.85. The van der Waals surface area contributed by atoms with Crippen LogP contribution in [0.1, 0.15) is 40.1 Å². The van der Waals surface area contributed by atoms with E-state index < -0.39 is 5.97 Å². The van der Waals surface area contributed by atoms with Crippen molar-refractivity contribution >= 4 is 23.2 Å². The number of carboxylic acid groups (broad SMARTS) is 1. The van der Waals surface area contributed by atoms with E-state index >= 15 is 0 Å². The Morgan fingerprint density at radius 1 is 1.59 bits per heavy atom. The summed E-state index contributed by atoms with van der Waals surface area (Å²) in [4.78, 5) is 28.3. The lowest BCUT2D eigenvalue weighted by molar-refractivity contribution is 0.0680. The van der Waals surface area contributed by atoms with Crippen molar-refractivity contribution in [1.82, 2.24) is 9.88 Å². The van der Waals surface area contributed by atoms with Crippen molar-refractivity contribution in [2.24, 2.45) is 5.92 Å². The molecule has 1 aliphatic rings. The van der Waals surface area contributed by atoms with Crippen LogP contribution < -0.4 is 0 Å². The molecule has 0 aromatic carbocycles. The highest BCUT2D eigenvalue weighted by molar-refractivity contribution is 7.11. The first-order valence-corrected chi connectivity index (χ1v) is 6.44. The molecule has 6 heteroatoms. The van der Waals surface area contributed by atoms with E-state index in [0.717, 1.165) is 37.3 Å². The molecule has 1 unspecified atom stereocenters. The van der Waals surface area contributed by atoms with Gasteiger partial charge in [-0.25, -0.2) is 9.78 Å². The third-order valence-corrected chi connectivity index (χ3v) is 3.68. The number of hydrogen-bond donors (Lipinski definition) is 1. The number of carbonyl (C=O) groups is 2. The second-order valence-electron chi connectivity index (χ2n) is 4.34. The minimum absolute atomic E-state index is 0.0524. The fourth-order valence-corrected chi connectivity index (χ4v) is 2.74. The first-order chi connectivity index (χ1) is 8.08. The van der Waals surface area contributed by atoms with Crippen molar-refractivity contribution in [3.05, 3.63) is 16.1 Å². The SMILES string of the molecule is CC1CCCN(C(=O)c2nc(C(=O)O)cs2)C1. The number of rotatable bonds is 2. The number of aromatic nitrogens is 1. The van der Waals surface area contributed by atoms with Crippen LogP contribution in [0.3, 0.4) is 0 Å². The Morgan fingerprint density at radius 2 is 2.35 bits per heavy atom. The van der Waals surface area contributed by atoms with E-state index in [0.29, 0.717) is 5.92 Å². The lowest BCUT2D eigenvalue weighted by Gasteiger charge is -2.30. The molecule has 5 nitrogen and oxygen atoms in total. The Balaban J connectivity index is 2.10. The predicted molar refractivity (Wildman–Crippen MR) is 63.4 cm³/mol. The molecule has 1 amide bonds. The standard InChI is InChI=1S/C11H14N2O3S/c1-7-3-2-4-13(5-7)10(14)9-12-8(6-17-9)11(15)16/h6-7H,2-5H2,1H3,(H,15,16).